The largest absolute Gasteiger partial charge is 0.373 e. The average Bonchev–Trinajstić information content (AvgIpc) is 2.00. The van der Waals surface area contributed by atoms with E-state index in [9.17, 15) is 18.3 Å². The minimum Gasteiger partial charge on any atom is -0.373 e. The number of hydrogen-bond donors (Lipinski definition) is 3. The van der Waals surface area contributed by atoms with Crippen LogP contribution in [-0.4, -0.2) is 35.0 Å². The predicted octanol–water partition coefficient (Wildman–Crippen LogP) is -0.727. The van der Waals surface area contributed by atoms with E-state index in [0.29, 0.717) is 0 Å². The lowest BCUT2D eigenvalue weighted by atomic mass is 10.1. The molecular formula is C7H13NO5S. The van der Waals surface area contributed by atoms with Gasteiger partial charge in [0.15, 0.2) is 0 Å². The van der Waals surface area contributed by atoms with Gasteiger partial charge in [0, 0.05) is 0 Å². The fourth-order valence-electron chi connectivity index (χ4n) is 0.803. The second kappa shape index (κ2) is 4.07. The van der Waals surface area contributed by atoms with E-state index in [1.165, 1.54) is 13.8 Å². The van der Waals surface area contributed by atoms with E-state index >= 15 is 0 Å². The van der Waals surface area contributed by atoms with Crippen LogP contribution in [0, 0.1) is 0 Å². The zero-order valence-corrected chi connectivity index (χ0v) is 8.71. The van der Waals surface area contributed by atoms with Crippen LogP contribution in [0.15, 0.2) is 12.7 Å². The average molecular weight is 223 g/mol. The van der Waals surface area contributed by atoms with Crippen molar-refractivity contribution in [1.29, 1.82) is 0 Å². The smallest absolute Gasteiger partial charge is 0.294 e. The minimum atomic E-state index is -4.61. The number of aliphatic hydroxyl groups is 1. The Morgan fingerprint density at radius 3 is 2.29 bits per heavy atom. The van der Waals surface area contributed by atoms with E-state index in [2.05, 4.69) is 11.9 Å². The lowest BCUT2D eigenvalue weighted by Crippen LogP contribution is -2.54. The van der Waals surface area contributed by atoms with Gasteiger partial charge in [-0.2, -0.15) is 8.42 Å². The molecule has 1 atom stereocenters. The van der Waals surface area contributed by atoms with Gasteiger partial charge in [-0.3, -0.25) is 9.35 Å². The first kappa shape index (κ1) is 13.1. The zero-order valence-electron chi connectivity index (χ0n) is 7.89. The quantitative estimate of drug-likeness (QED) is 0.431. The minimum absolute atomic E-state index is 0.641. The first-order chi connectivity index (χ1) is 6.11. The van der Waals surface area contributed by atoms with Gasteiger partial charge >= 0.3 is 0 Å². The van der Waals surface area contributed by atoms with Crippen molar-refractivity contribution in [3.8, 4) is 0 Å². The molecule has 0 bridgehead atoms. The first-order valence-corrected chi connectivity index (χ1v) is 5.20. The lowest BCUT2D eigenvalue weighted by Gasteiger charge is -2.28. The molecule has 1 unspecified atom stereocenters. The summed E-state index contributed by atoms with van der Waals surface area (Å²) in [5.41, 5.74) is -3.57. The molecule has 1 amide bonds. The Hall–Kier alpha value is -0.920. The molecule has 0 aliphatic rings. The van der Waals surface area contributed by atoms with Gasteiger partial charge in [0.1, 0.15) is 0 Å². The Kier molecular flexibility index (Phi) is 3.81. The normalized spacial score (nSPS) is 14.6. The third kappa shape index (κ3) is 3.44. The van der Waals surface area contributed by atoms with E-state index in [0.717, 1.165) is 6.08 Å². The summed E-state index contributed by atoms with van der Waals surface area (Å²) in [5.74, 6) is -0.641. The summed E-state index contributed by atoms with van der Waals surface area (Å²) in [6, 6.07) is 0. The molecule has 0 aliphatic heterocycles. The molecule has 0 rings (SSSR count). The fraction of sp³-hybridized carbons (Fsp3) is 0.571. The van der Waals surface area contributed by atoms with Crippen molar-refractivity contribution in [1.82, 2.24) is 5.32 Å². The molecule has 7 heteroatoms. The van der Waals surface area contributed by atoms with E-state index in [1.54, 1.807) is 0 Å². The fourth-order valence-corrected chi connectivity index (χ4v) is 1.61. The van der Waals surface area contributed by atoms with Crippen molar-refractivity contribution in [3.63, 3.8) is 0 Å². The highest BCUT2D eigenvalue weighted by Gasteiger charge is 2.37. The predicted molar refractivity (Wildman–Crippen MR) is 50.0 cm³/mol. The van der Waals surface area contributed by atoms with E-state index in [1.807, 2.05) is 0 Å². The molecule has 3 N–H and O–H groups in total. The first-order valence-electron chi connectivity index (χ1n) is 3.70. The maximum Gasteiger partial charge on any atom is 0.294 e. The molecule has 0 aromatic carbocycles. The lowest BCUT2D eigenvalue weighted by molar-refractivity contribution is -0.118. The van der Waals surface area contributed by atoms with Crippen LogP contribution in [0.25, 0.3) is 0 Å². The number of carbonyl (C=O) groups is 1. The Morgan fingerprint density at radius 2 is 2.00 bits per heavy atom. The van der Waals surface area contributed by atoms with Crippen LogP contribution in [0.3, 0.4) is 0 Å². The number of carbonyl (C=O) groups excluding carboxylic acids is 1. The van der Waals surface area contributed by atoms with Gasteiger partial charge in [0.25, 0.3) is 10.1 Å². The molecule has 0 aromatic heterocycles. The summed E-state index contributed by atoms with van der Waals surface area (Å²) < 4.78 is 29.7. The number of aliphatic hydroxyl groups excluding tert-OH is 1. The Labute approximate surface area is 82.4 Å². The molecule has 14 heavy (non-hydrogen) atoms. The maximum atomic E-state index is 10.8. The van der Waals surface area contributed by atoms with Crippen LogP contribution in [0.5, 0.6) is 0 Å². The van der Waals surface area contributed by atoms with Crippen LogP contribution in [0.2, 0.25) is 0 Å². The van der Waals surface area contributed by atoms with Gasteiger partial charge in [-0.15, -0.1) is 0 Å². The van der Waals surface area contributed by atoms with Gasteiger partial charge in [-0.25, -0.2) is 0 Å². The molecule has 0 saturated carbocycles. The highest BCUT2D eigenvalue weighted by atomic mass is 32.2. The third-order valence-corrected chi connectivity index (χ3v) is 2.68. The standard InChI is InChI=1S/C7H13NO5S/c1-4-5(9)8-7(2,3)6(10)14(11,12)13/h4,6,10H,1H2,2-3H3,(H,8,9)(H,11,12,13). The van der Waals surface area contributed by atoms with Crippen LogP contribution in [0.1, 0.15) is 13.8 Å². The maximum absolute atomic E-state index is 10.8. The molecule has 82 valence electrons. The van der Waals surface area contributed by atoms with Crippen LogP contribution >= 0.6 is 0 Å². The zero-order chi connectivity index (χ0) is 11.6. The van der Waals surface area contributed by atoms with Gasteiger partial charge < -0.3 is 10.4 Å². The number of hydrogen-bond acceptors (Lipinski definition) is 4. The Morgan fingerprint density at radius 1 is 1.57 bits per heavy atom. The van der Waals surface area contributed by atoms with E-state index in [4.69, 9.17) is 4.55 Å². The van der Waals surface area contributed by atoms with Crippen molar-refractivity contribution in [2.45, 2.75) is 24.8 Å². The van der Waals surface area contributed by atoms with Crippen molar-refractivity contribution >= 4 is 16.0 Å². The number of amides is 1. The van der Waals surface area contributed by atoms with E-state index in [-0.39, 0.29) is 0 Å². The molecule has 0 spiro atoms. The van der Waals surface area contributed by atoms with Crippen LogP contribution in [0.4, 0.5) is 0 Å². The molecule has 0 fully saturated rings. The molecule has 0 saturated heterocycles. The summed E-state index contributed by atoms with van der Waals surface area (Å²) in [4.78, 5) is 10.8. The molecule has 0 aromatic rings. The van der Waals surface area contributed by atoms with Gasteiger partial charge in [0.2, 0.25) is 11.3 Å². The monoisotopic (exact) mass is 223 g/mol. The van der Waals surface area contributed by atoms with Crippen molar-refractivity contribution in [2.24, 2.45) is 0 Å². The van der Waals surface area contributed by atoms with Crippen molar-refractivity contribution in [3.05, 3.63) is 12.7 Å². The van der Waals surface area contributed by atoms with Crippen LogP contribution < -0.4 is 5.32 Å². The molecule has 6 nitrogen and oxygen atoms in total. The second-order valence-corrected chi connectivity index (χ2v) is 4.76. The van der Waals surface area contributed by atoms with Crippen molar-refractivity contribution in [2.75, 3.05) is 0 Å². The van der Waals surface area contributed by atoms with Crippen LogP contribution in [-0.2, 0) is 14.9 Å². The molecule has 0 aliphatic carbocycles. The SMILES string of the molecule is C=CC(=O)NC(C)(C)C(O)S(=O)(=O)O. The summed E-state index contributed by atoms with van der Waals surface area (Å²) in [5, 5.41) is 11.3. The molecule has 0 heterocycles. The highest BCUT2D eigenvalue weighted by molar-refractivity contribution is 7.86. The number of rotatable bonds is 4. The Bertz CT molecular complexity index is 332. The van der Waals surface area contributed by atoms with Gasteiger partial charge in [-0.05, 0) is 19.9 Å². The summed E-state index contributed by atoms with van der Waals surface area (Å²) in [7, 11) is -4.61. The van der Waals surface area contributed by atoms with Gasteiger partial charge in [0.05, 0.1) is 5.54 Å². The highest BCUT2D eigenvalue weighted by Crippen LogP contribution is 2.13. The van der Waals surface area contributed by atoms with Gasteiger partial charge in [-0.1, -0.05) is 6.58 Å². The summed E-state index contributed by atoms with van der Waals surface area (Å²) >= 11 is 0. The summed E-state index contributed by atoms with van der Waals surface area (Å²) in [6.45, 7) is 5.67. The molecular weight excluding hydrogens is 210 g/mol. The summed E-state index contributed by atoms with van der Waals surface area (Å²) in [6.07, 6.45) is 0.929. The van der Waals surface area contributed by atoms with Crippen molar-refractivity contribution < 1.29 is 22.9 Å². The van der Waals surface area contributed by atoms with E-state index < -0.39 is 27.0 Å². The third-order valence-electron chi connectivity index (χ3n) is 1.53. The molecule has 0 radical (unpaired) electrons. The topological polar surface area (TPSA) is 104 Å². The Balaban J connectivity index is 4.79. The number of nitrogens with one attached hydrogen (secondary N) is 1. The second-order valence-electron chi connectivity index (χ2n) is 3.28.